The molecule has 0 spiro atoms. The SMILES string of the molecule is CC(C)c1ccc(C2(C(C)C(=O)O)COC2)cc1. The standard InChI is InChI=1S/C15H20O3/c1-10(2)12-4-6-13(7-5-12)15(8-18-9-15)11(3)14(16)17/h4-7,10-11H,8-9H2,1-3H3,(H,16,17). The van der Waals surface area contributed by atoms with Crippen LogP contribution in [0.4, 0.5) is 0 Å². The number of aliphatic carboxylic acids is 1. The molecular formula is C15H20O3. The number of carbonyl (C=O) groups is 1. The molecule has 1 heterocycles. The summed E-state index contributed by atoms with van der Waals surface area (Å²) in [6.07, 6.45) is 0. The third kappa shape index (κ3) is 2.03. The van der Waals surface area contributed by atoms with E-state index in [-0.39, 0.29) is 5.41 Å². The van der Waals surface area contributed by atoms with Crippen LogP contribution in [0.5, 0.6) is 0 Å². The first-order valence-corrected chi connectivity index (χ1v) is 6.38. The van der Waals surface area contributed by atoms with Crippen LogP contribution in [0.3, 0.4) is 0 Å². The van der Waals surface area contributed by atoms with Crippen LogP contribution in [-0.2, 0) is 14.9 Å². The summed E-state index contributed by atoms with van der Waals surface area (Å²) in [5, 5.41) is 9.23. The van der Waals surface area contributed by atoms with E-state index >= 15 is 0 Å². The fourth-order valence-electron chi connectivity index (χ4n) is 2.42. The molecule has 2 rings (SSSR count). The second-order valence-electron chi connectivity index (χ2n) is 5.49. The maximum Gasteiger partial charge on any atom is 0.307 e. The van der Waals surface area contributed by atoms with E-state index in [1.807, 2.05) is 0 Å². The Morgan fingerprint density at radius 1 is 1.22 bits per heavy atom. The van der Waals surface area contributed by atoms with Crippen molar-refractivity contribution in [3.8, 4) is 0 Å². The van der Waals surface area contributed by atoms with Crippen LogP contribution in [0.25, 0.3) is 0 Å². The summed E-state index contributed by atoms with van der Waals surface area (Å²) in [5.74, 6) is -0.688. The first kappa shape index (κ1) is 13.1. The van der Waals surface area contributed by atoms with E-state index in [2.05, 4.69) is 38.1 Å². The number of ether oxygens (including phenoxy) is 1. The highest BCUT2D eigenvalue weighted by Gasteiger charge is 2.48. The van der Waals surface area contributed by atoms with Gasteiger partial charge in [0.15, 0.2) is 0 Å². The van der Waals surface area contributed by atoms with Crippen LogP contribution in [0.15, 0.2) is 24.3 Å². The molecule has 1 unspecified atom stereocenters. The van der Waals surface area contributed by atoms with E-state index in [0.717, 1.165) is 5.56 Å². The van der Waals surface area contributed by atoms with Gasteiger partial charge in [0.1, 0.15) is 0 Å². The number of carboxylic acid groups (broad SMARTS) is 1. The molecule has 0 radical (unpaired) electrons. The molecule has 1 aliphatic rings. The average molecular weight is 248 g/mol. The Kier molecular flexibility index (Phi) is 3.44. The summed E-state index contributed by atoms with van der Waals surface area (Å²) in [5.41, 5.74) is 2.01. The van der Waals surface area contributed by atoms with E-state index in [1.165, 1.54) is 5.56 Å². The number of hydrogen-bond donors (Lipinski definition) is 1. The lowest BCUT2D eigenvalue weighted by Gasteiger charge is -2.44. The lowest BCUT2D eigenvalue weighted by Crippen LogP contribution is -2.53. The second-order valence-corrected chi connectivity index (χ2v) is 5.49. The molecule has 1 fully saturated rings. The zero-order chi connectivity index (χ0) is 13.3. The van der Waals surface area contributed by atoms with Crippen molar-refractivity contribution in [3.05, 3.63) is 35.4 Å². The van der Waals surface area contributed by atoms with Gasteiger partial charge in [0.2, 0.25) is 0 Å². The molecule has 1 aromatic rings. The molecule has 1 atom stereocenters. The quantitative estimate of drug-likeness (QED) is 0.891. The zero-order valence-electron chi connectivity index (χ0n) is 11.1. The van der Waals surface area contributed by atoms with Gasteiger partial charge in [0.05, 0.1) is 24.5 Å². The molecule has 1 N–H and O–H groups in total. The van der Waals surface area contributed by atoms with E-state index in [4.69, 9.17) is 4.74 Å². The molecule has 1 saturated heterocycles. The predicted molar refractivity (Wildman–Crippen MR) is 69.8 cm³/mol. The van der Waals surface area contributed by atoms with Crippen LogP contribution in [-0.4, -0.2) is 24.3 Å². The van der Waals surface area contributed by atoms with Crippen molar-refractivity contribution in [1.29, 1.82) is 0 Å². The Hall–Kier alpha value is -1.35. The van der Waals surface area contributed by atoms with Gasteiger partial charge in [-0.05, 0) is 17.0 Å². The number of hydrogen-bond acceptors (Lipinski definition) is 2. The van der Waals surface area contributed by atoms with Gasteiger partial charge in [0.25, 0.3) is 0 Å². The Bertz CT molecular complexity index is 430. The summed E-state index contributed by atoms with van der Waals surface area (Å²) < 4.78 is 5.28. The number of benzene rings is 1. The van der Waals surface area contributed by atoms with Crippen molar-refractivity contribution < 1.29 is 14.6 Å². The van der Waals surface area contributed by atoms with E-state index in [9.17, 15) is 9.90 Å². The first-order chi connectivity index (χ1) is 8.47. The van der Waals surface area contributed by atoms with Crippen molar-refractivity contribution in [1.82, 2.24) is 0 Å². The predicted octanol–water partition coefficient (Wildman–Crippen LogP) is 2.80. The van der Waals surface area contributed by atoms with Crippen LogP contribution >= 0.6 is 0 Å². The van der Waals surface area contributed by atoms with Gasteiger partial charge in [-0.15, -0.1) is 0 Å². The van der Waals surface area contributed by atoms with Crippen molar-refractivity contribution in [2.75, 3.05) is 13.2 Å². The normalized spacial score (nSPS) is 19.3. The van der Waals surface area contributed by atoms with E-state index < -0.39 is 11.9 Å². The van der Waals surface area contributed by atoms with Crippen molar-refractivity contribution in [2.45, 2.75) is 32.1 Å². The van der Waals surface area contributed by atoms with Gasteiger partial charge >= 0.3 is 5.97 Å². The highest BCUT2D eigenvalue weighted by Crippen LogP contribution is 2.40. The average Bonchev–Trinajstić information content (AvgIpc) is 2.28. The van der Waals surface area contributed by atoms with Gasteiger partial charge in [0, 0.05) is 0 Å². The van der Waals surface area contributed by atoms with Crippen LogP contribution in [0, 0.1) is 5.92 Å². The molecule has 18 heavy (non-hydrogen) atoms. The summed E-state index contributed by atoms with van der Waals surface area (Å²) in [4.78, 5) is 11.2. The molecule has 98 valence electrons. The summed E-state index contributed by atoms with van der Waals surface area (Å²) in [6, 6.07) is 8.29. The molecule has 0 aromatic heterocycles. The lowest BCUT2D eigenvalue weighted by atomic mass is 9.69. The van der Waals surface area contributed by atoms with Gasteiger partial charge in [-0.1, -0.05) is 45.0 Å². The van der Waals surface area contributed by atoms with Crippen molar-refractivity contribution in [2.24, 2.45) is 5.92 Å². The van der Waals surface area contributed by atoms with Gasteiger partial charge in [-0.3, -0.25) is 4.79 Å². The number of rotatable bonds is 4. The van der Waals surface area contributed by atoms with E-state index in [0.29, 0.717) is 19.1 Å². The Labute approximate surface area is 108 Å². The van der Waals surface area contributed by atoms with Crippen LogP contribution < -0.4 is 0 Å². The molecule has 1 aliphatic heterocycles. The van der Waals surface area contributed by atoms with Gasteiger partial charge in [-0.25, -0.2) is 0 Å². The third-order valence-electron chi connectivity index (χ3n) is 4.07. The summed E-state index contributed by atoms with van der Waals surface area (Å²) in [6.45, 7) is 7.07. The van der Waals surface area contributed by atoms with Crippen molar-refractivity contribution in [3.63, 3.8) is 0 Å². The minimum Gasteiger partial charge on any atom is -0.481 e. The Morgan fingerprint density at radius 2 is 1.78 bits per heavy atom. The molecule has 1 aromatic carbocycles. The maximum atomic E-state index is 11.2. The molecule has 0 saturated carbocycles. The van der Waals surface area contributed by atoms with Crippen LogP contribution in [0.2, 0.25) is 0 Å². The second kappa shape index (κ2) is 4.73. The lowest BCUT2D eigenvalue weighted by molar-refractivity contribution is -0.155. The highest BCUT2D eigenvalue weighted by atomic mass is 16.5. The molecular weight excluding hydrogens is 228 g/mol. The van der Waals surface area contributed by atoms with Gasteiger partial charge < -0.3 is 9.84 Å². The minimum atomic E-state index is -0.758. The van der Waals surface area contributed by atoms with Crippen molar-refractivity contribution >= 4 is 5.97 Å². The van der Waals surface area contributed by atoms with Gasteiger partial charge in [-0.2, -0.15) is 0 Å². The molecule has 3 heteroatoms. The summed E-state index contributed by atoms with van der Waals surface area (Å²) in [7, 11) is 0. The maximum absolute atomic E-state index is 11.2. The smallest absolute Gasteiger partial charge is 0.307 e. The highest BCUT2D eigenvalue weighted by molar-refractivity contribution is 5.72. The fourth-order valence-corrected chi connectivity index (χ4v) is 2.42. The molecule has 0 amide bonds. The number of carboxylic acids is 1. The molecule has 0 aliphatic carbocycles. The molecule has 3 nitrogen and oxygen atoms in total. The topological polar surface area (TPSA) is 46.5 Å². The minimum absolute atomic E-state index is 0.346. The summed E-state index contributed by atoms with van der Waals surface area (Å²) >= 11 is 0. The van der Waals surface area contributed by atoms with Crippen LogP contribution in [0.1, 0.15) is 37.8 Å². The fraction of sp³-hybridized carbons (Fsp3) is 0.533. The Balaban J connectivity index is 2.30. The zero-order valence-corrected chi connectivity index (χ0v) is 11.1. The largest absolute Gasteiger partial charge is 0.481 e. The Morgan fingerprint density at radius 3 is 2.11 bits per heavy atom. The first-order valence-electron chi connectivity index (χ1n) is 6.38. The monoisotopic (exact) mass is 248 g/mol. The third-order valence-corrected chi connectivity index (χ3v) is 4.07. The molecule has 0 bridgehead atoms. The van der Waals surface area contributed by atoms with E-state index in [1.54, 1.807) is 6.92 Å².